The Bertz CT molecular complexity index is 822. The average molecular weight is 439 g/mol. The van der Waals surface area contributed by atoms with Gasteiger partial charge in [0.2, 0.25) is 17.8 Å². The Hall–Kier alpha value is -2.89. The van der Waals surface area contributed by atoms with Gasteiger partial charge in [0.15, 0.2) is 0 Å². The number of nitrogens with one attached hydrogen (secondary N) is 1. The van der Waals surface area contributed by atoms with E-state index in [4.69, 9.17) is 21.5 Å². The Morgan fingerprint density at radius 1 is 1.10 bits per heavy atom. The minimum Gasteiger partial charge on any atom is -0.475 e. The molecule has 160 valence electrons. The summed E-state index contributed by atoms with van der Waals surface area (Å²) in [5, 5.41) is 10.3. The molecule has 0 spiro atoms. The van der Waals surface area contributed by atoms with Crippen molar-refractivity contribution in [3.8, 4) is 0 Å². The number of carboxylic acids is 1. The number of nitrogens with zero attached hydrogens (tertiary/aromatic N) is 5. The Labute approximate surface area is 169 Å². The topological polar surface area (TPSA) is 94.5 Å². The van der Waals surface area contributed by atoms with Crippen LogP contribution in [0.3, 0.4) is 0 Å². The molecule has 0 aliphatic carbocycles. The van der Waals surface area contributed by atoms with Crippen molar-refractivity contribution in [2.24, 2.45) is 0 Å². The molecular weight excluding hydrogens is 420 g/mol. The fourth-order valence-corrected chi connectivity index (χ4v) is 1.89. The van der Waals surface area contributed by atoms with Gasteiger partial charge < -0.3 is 20.2 Å². The third-order valence-corrected chi connectivity index (χ3v) is 3.55. The quantitative estimate of drug-likeness (QED) is 0.688. The van der Waals surface area contributed by atoms with Crippen LogP contribution >= 0.6 is 11.6 Å². The summed E-state index contributed by atoms with van der Waals surface area (Å²) in [5.74, 6) is -1.73. The number of halogens is 5. The maximum Gasteiger partial charge on any atom is 0.490 e. The summed E-state index contributed by atoms with van der Waals surface area (Å²) >= 11 is 5.94. The molecule has 0 atom stereocenters. The molecule has 0 bridgehead atoms. The van der Waals surface area contributed by atoms with Crippen LogP contribution in [0.5, 0.6) is 0 Å². The van der Waals surface area contributed by atoms with E-state index in [0.29, 0.717) is 30.0 Å². The normalized spacial score (nSPS) is 10.7. The maximum absolute atomic E-state index is 13.4. The molecule has 0 aliphatic rings. The summed E-state index contributed by atoms with van der Waals surface area (Å²) in [7, 11) is 7.40. The molecule has 8 nitrogen and oxygen atoms in total. The molecule has 0 unspecified atom stereocenters. The zero-order valence-corrected chi connectivity index (χ0v) is 16.7. The first-order valence-electron chi connectivity index (χ1n) is 7.90. The standard InChI is InChI=1S/C14H18ClFN6.C2HF3O2/c1-21(2)13-18-12(19-14(20-13)22(3)4)17-8-9-6-5-7-10(16)11(9)15;3-2(4,5)1(6)7/h5-7H,8H2,1-4H3,(H,17,18,19,20);(H,6,7). The number of carboxylic acid groups (broad SMARTS) is 1. The number of hydrogen-bond acceptors (Lipinski definition) is 7. The van der Waals surface area contributed by atoms with Crippen molar-refractivity contribution < 1.29 is 27.5 Å². The molecule has 1 aromatic carbocycles. The van der Waals surface area contributed by atoms with E-state index >= 15 is 0 Å². The van der Waals surface area contributed by atoms with Crippen LogP contribution in [0.25, 0.3) is 0 Å². The summed E-state index contributed by atoms with van der Waals surface area (Å²) in [6.45, 7) is 0.320. The number of anilines is 3. The van der Waals surface area contributed by atoms with Crippen LogP contribution in [0.4, 0.5) is 35.4 Å². The first kappa shape index (κ1) is 24.1. The van der Waals surface area contributed by atoms with Gasteiger partial charge in [-0.2, -0.15) is 28.1 Å². The lowest BCUT2D eigenvalue weighted by molar-refractivity contribution is -0.192. The number of alkyl halides is 3. The van der Waals surface area contributed by atoms with E-state index in [2.05, 4.69) is 20.3 Å². The summed E-state index contributed by atoms with van der Waals surface area (Å²) in [4.78, 5) is 25.4. The number of rotatable bonds is 5. The van der Waals surface area contributed by atoms with Crippen molar-refractivity contribution in [3.63, 3.8) is 0 Å². The van der Waals surface area contributed by atoms with Crippen LogP contribution in [-0.2, 0) is 11.3 Å². The smallest absolute Gasteiger partial charge is 0.475 e. The van der Waals surface area contributed by atoms with Crippen LogP contribution in [0.1, 0.15) is 5.56 Å². The third kappa shape index (κ3) is 7.56. The van der Waals surface area contributed by atoms with Crippen LogP contribution in [-0.4, -0.2) is 60.4 Å². The molecule has 0 amide bonds. The van der Waals surface area contributed by atoms with Crippen molar-refractivity contribution in [1.29, 1.82) is 0 Å². The Balaban J connectivity index is 0.000000516. The summed E-state index contributed by atoms with van der Waals surface area (Å²) in [6.07, 6.45) is -5.08. The van der Waals surface area contributed by atoms with Crippen molar-refractivity contribution in [2.45, 2.75) is 12.7 Å². The Morgan fingerprint density at radius 2 is 1.59 bits per heavy atom. The number of aromatic nitrogens is 3. The van der Waals surface area contributed by atoms with E-state index in [1.165, 1.54) is 6.07 Å². The molecule has 0 saturated heterocycles. The van der Waals surface area contributed by atoms with Gasteiger partial charge >= 0.3 is 12.1 Å². The Morgan fingerprint density at radius 3 is 2.00 bits per heavy atom. The highest BCUT2D eigenvalue weighted by Crippen LogP contribution is 2.21. The van der Waals surface area contributed by atoms with Gasteiger partial charge in [-0.25, -0.2) is 9.18 Å². The third-order valence-electron chi connectivity index (χ3n) is 3.12. The van der Waals surface area contributed by atoms with Crippen LogP contribution < -0.4 is 15.1 Å². The van der Waals surface area contributed by atoms with Gasteiger partial charge in [0.05, 0.1) is 5.02 Å². The van der Waals surface area contributed by atoms with E-state index < -0.39 is 18.0 Å². The summed E-state index contributed by atoms with van der Waals surface area (Å²) in [6, 6.07) is 4.69. The number of aliphatic carboxylic acids is 1. The van der Waals surface area contributed by atoms with Crippen molar-refractivity contribution in [2.75, 3.05) is 43.3 Å². The minimum absolute atomic E-state index is 0.102. The lowest BCUT2D eigenvalue weighted by Crippen LogP contribution is -2.21. The van der Waals surface area contributed by atoms with Gasteiger partial charge in [-0.1, -0.05) is 23.7 Å². The molecule has 0 aliphatic heterocycles. The van der Waals surface area contributed by atoms with E-state index in [1.54, 1.807) is 21.9 Å². The van der Waals surface area contributed by atoms with Crippen molar-refractivity contribution in [1.82, 2.24) is 15.0 Å². The van der Waals surface area contributed by atoms with E-state index in [-0.39, 0.29) is 5.02 Å². The predicted octanol–water partition coefficient (Wildman–Crippen LogP) is 3.04. The lowest BCUT2D eigenvalue weighted by Gasteiger charge is -2.16. The fraction of sp³-hybridized carbons (Fsp3) is 0.375. The SMILES string of the molecule is CN(C)c1nc(NCc2cccc(F)c2Cl)nc(N(C)C)n1.O=C(O)C(F)(F)F. The van der Waals surface area contributed by atoms with E-state index in [9.17, 15) is 17.6 Å². The second-order valence-electron chi connectivity index (χ2n) is 5.92. The maximum atomic E-state index is 13.4. The monoisotopic (exact) mass is 438 g/mol. The van der Waals surface area contributed by atoms with Crippen molar-refractivity contribution in [3.05, 3.63) is 34.6 Å². The molecule has 0 radical (unpaired) electrons. The molecule has 2 rings (SSSR count). The average Bonchev–Trinajstić information content (AvgIpc) is 2.62. The zero-order valence-electron chi connectivity index (χ0n) is 15.9. The molecule has 0 saturated carbocycles. The molecule has 13 heteroatoms. The number of benzene rings is 1. The number of hydrogen-bond donors (Lipinski definition) is 2. The van der Waals surface area contributed by atoms with E-state index in [0.717, 1.165) is 0 Å². The highest BCUT2D eigenvalue weighted by molar-refractivity contribution is 6.31. The first-order chi connectivity index (χ1) is 13.3. The van der Waals surface area contributed by atoms with Gasteiger partial charge in [-0.15, -0.1) is 0 Å². The van der Waals surface area contributed by atoms with Gasteiger partial charge in [-0.3, -0.25) is 0 Å². The molecule has 29 heavy (non-hydrogen) atoms. The zero-order chi connectivity index (χ0) is 22.4. The lowest BCUT2D eigenvalue weighted by atomic mass is 10.2. The fourth-order valence-electron chi connectivity index (χ4n) is 1.69. The van der Waals surface area contributed by atoms with Crippen LogP contribution in [0.2, 0.25) is 5.02 Å². The Kier molecular flexibility index (Phi) is 8.37. The summed E-state index contributed by atoms with van der Waals surface area (Å²) in [5.41, 5.74) is 0.639. The van der Waals surface area contributed by atoms with Crippen molar-refractivity contribution >= 4 is 35.4 Å². The number of carbonyl (C=O) groups is 1. The molecule has 1 heterocycles. The highest BCUT2D eigenvalue weighted by atomic mass is 35.5. The molecule has 1 aromatic heterocycles. The molecule has 2 aromatic rings. The van der Waals surface area contributed by atoms with Crippen LogP contribution in [0, 0.1) is 5.82 Å². The van der Waals surface area contributed by atoms with Gasteiger partial charge in [0.25, 0.3) is 0 Å². The minimum atomic E-state index is -5.08. The highest BCUT2D eigenvalue weighted by Gasteiger charge is 2.38. The molecular formula is C16H19ClF4N6O2. The second kappa shape index (κ2) is 10.0. The van der Waals surface area contributed by atoms with Gasteiger partial charge in [0.1, 0.15) is 5.82 Å². The van der Waals surface area contributed by atoms with E-state index in [1.807, 2.05) is 28.2 Å². The predicted molar refractivity (Wildman–Crippen MR) is 101 cm³/mol. The first-order valence-corrected chi connectivity index (χ1v) is 8.28. The largest absolute Gasteiger partial charge is 0.490 e. The summed E-state index contributed by atoms with van der Waals surface area (Å²) < 4.78 is 45.2. The second-order valence-corrected chi connectivity index (χ2v) is 6.30. The molecule has 2 N–H and O–H groups in total. The molecule has 0 fully saturated rings. The van der Waals surface area contributed by atoms with Gasteiger partial charge in [-0.05, 0) is 11.6 Å². The van der Waals surface area contributed by atoms with Crippen LogP contribution in [0.15, 0.2) is 18.2 Å². The van der Waals surface area contributed by atoms with Gasteiger partial charge in [0, 0.05) is 34.7 Å².